The maximum absolute atomic E-state index is 13.8. The summed E-state index contributed by atoms with van der Waals surface area (Å²) in [5, 5.41) is 0.981. The second kappa shape index (κ2) is 13.0. The van der Waals surface area contributed by atoms with Gasteiger partial charge in [-0.15, -0.1) is 6.58 Å². The summed E-state index contributed by atoms with van der Waals surface area (Å²) in [4.78, 5) is 43.1. The number of hydrogen-bond acceptors (Lipinski definition) is 5. The van der Waals surface area contributed by atoms with Crippen molar-refractivity contribution in [1.29, 1.82) is 0 Å². The summed E-state index contributed by atoms with van der Waals surface area (Å²) in [5.41, 5.74) is 2.42. The average molecular weight is 613 g/mol. The molecule has 7 nitrogen and oxygen atoms in total. The third kappa shape index (κ3) is 6.18. The highest BCUT2D eigenvalue weighted by molar-refractivity contribution is 6.46. The van der Waals surface area contributed by atoms with Crippen LogP contribution in [0, 0.1) is 0 Å². The Morgan fingerprint density at radius 2 is 1.40 bits per heavy atom. The summed E-state index contributed by atoms with van der Waals surface area (Å²) in [7, 11) is 1.50. The number of allylic oxidation sites excluding steroid dienone is 1. The Labute approximate surface area is 259 Å². The molecule has 0 aromatic heterocycles. The van der Waals surface area contributed by atoms with E-state index in [0.717, 1.165) is 15.4 Å². The van der Waals surface area contributed by atoms with Crippen LogP contribution < -0.4 is 19.3 Å². The average Bonchev–Trinajstić information content (AvgIpc) is 3.00. The third-order valence-corrected chi connectivity index (χ3v) is 7.30. The number of carbonyl (C=O) groups excluding carboxylic acids is 3. The molecule has 9 heteroatoms. The van der Waals surface area contributed by atoms with Crippen LogP contribution in [-0.4, -0.2) is 25.0 Å². The molecule has 0 saturated carbocycles. The molecule has 43 heavy (non-hydrogen) atoms. The van der Waals surface area contributed by atoms with Crippen LogP contribution in [0.3, 0.4) is 0 Å². The van der Waals surface area contributed by atoms with E-state index in [2.05, 4.69) is 6.58 Å². The van der Waals surface area contributed by atoms with Gasteiger partial charge in [0, 0.05) is 21.2 Å². The van der Waals surface area contributed by atoms with Gasteiger partial charge in [-0.1, -0.05) is 71.7 Å². The fraction of sp³-hybridized carbons (Fsp3) is 0.0882. The SMILES string of the molecule is C=CCc1cc(C=C2C(=O)N(c3ccccc3)C(=O)N(c3ccccc3)C2=O)cc(OC)c1OCc1ccc(Cl)cc1Cl. The molecular weight excluding hydrogens is 587 g/mol. The lowest BCUT2D eigenvalue weighted by atomic mass is 10.0. The van der Waals surface area contributed by atoms with Gasteiger partial charge in [0.15, 0.2) is 11.5 Å². The van der Waals surface area contributed by atoms with Crippen LogP contribution in [0.25, 0.3) is 6.08 Å². The molecule has 1 aliphatic rings. The number of urea groups is 1. The number of amides is 4. The van der Waals surface area contributed by atoms with Crippen LogP contribution in [0.2, 0.25) is 10.0 Å². The molecule has 1 saturated heterocycles. The predicted molar refractivity (Wildman–Crippen MR) is 169 cm³/mol. The summed E-state index contributed by atoms with van der Waals surface area (Å²) in [6, 6.07) is 24.8. The number of benzene rings is 4. The Bertz CT molecular complexity index is 1680. The van der Waals surface area contributed by atoms with Crippen LogP contribution in [0.5, 0.6) is 11.5 Å². The van der Waals surface area contributed by atoms with Gasteiger partial charge in [-0.25, -0.2) is 14.6 Å². The van der Waals surface area contributed by atoms with Gasteiger partial charge in [-0.05, 0) is 66.6 Å². The number of methoxy groups -OCH3 is 1. The van der Waals surface area contributed by atoms with Gasteiger partial charge in [-0.3, -0.25) is 9.59 Å². The van der Waals surface area contributed by atoms with Crippen molar-refractivity contribution in [3.8, 4) is 11.5 Å². The standard InChI is InChI=1S/C34H26Cl2N2O5/c1-3-10-23-17-22(19-30(42-2)31(23)43-21-24-15-16-25(35)20-29(24)36)18-28-32(39)37(26-11-6-4-7-12-26)34(41)38(33(28)40)27-13-8-5-9-14-27/h3-9,11-20H,1,10,21H2,2H3. The Balaban J connectivity index is 1.58. The number of nitrogens with zero attached hydrogens (tertiary/aromatic N) is 2. The molecule has 1 fully saturated rings. The second-order valence-electron chi connectivity index (χ2n) is 9.52. The Hall–Kier alpha value is -4.85. The summed E-state index contributed by atoms with van der Waals surface area (Å²) in [6.07, 6.45) is 3.57. The lowest BCUT2D eigenvalue weighted by molar-refractivity contribution is -0.121. The van der Waals surface area contributed by atoms with Gasteiger partial charge in [0.2, 0.25) is 0 Å². The van der Waals surface area contributed by atoms with Crippen molar-refractivity contribution < 1.29 is 23.9 Å². The lowest BCUT2D eigenvalue weighted by Crippen LogP contribution is -2.57. The zero-order chi connectivity index (χ0) is 30.5. The first kappa shape index (κ1) is 29.6. The summed E-state index contributed by atoms with van der Waals surface area (Å²) < 4.78 is 11.8. The fourth-order valence-corrected chi connectivity index (χ4v) is 5.15. The molecule has 4 aromatic carbocycles. The molecule has 1 heterocycles. The van der Waals surface area contributed by atoms with Gasteiger partial charge in [0.1, 0.15) is 12.2 Å². The molecule has 0 radical (unpaired) electrons. The van der Waals surface area contributed by atoms with E-state index in [9.17, 15) is 14.4 Å². The molecule has 216 valence electrons. The summed E-state index contributed by atoms with van der Waals surface area (Å²) in [6.45, 7) is 4.00. The van der Waals surface area contributed by atoms with E-state index in [-0.39, 0.29) is 12.2 Å². The fourth-order valence-electron chi connectivity index (χ4n) is 4.68. The molecule has 0 N–H and O–H groups in total. The van der Waals surface area contributed by atoms with Crippen molar-refractivity contribution in [1.82, 2.24) is 0 Å². The van der Waals surface area contributed by atoms with Crippen molar-refractivity contribution in [2.45, 2.75) is 13.0 Å². The Kier molecular flexibility index (Phi) is 8.95. The number of rotatable bonds is 9. The number of halogens is 2. The molecule has 4 amide bonds. The normalized spacial score (nSPS) is 13.3. The van der Waals surface area contributed by atoms with Crippen LogP contribution in [0.4, 0.5) is 16.2 Å². The number of para-hydroxylation sites is 2. The summed E-state index contributed by atoms with van der Waals surface area (Å²) in [5.74, 6) is -0.641. The van der Waals surface area contributed by atoms with Crippen molar-refractivity contribution in [2.24, 2.45) is 0 Å². The largest absolute Gasteiger partial charge is 0.493 e. The molecule has 4 aromatic rings. The van der Waals surface area contributed by atoms with E-state index in [1.54, 1.807) is 97.1 Å². The van der Waals surface area contributed by atoms with Crippen LogP contribution in [-0.2, 0) is 22.6 Å². The lowest BCUT2D eigenvalue weighted by Gasteiger charge is -2.34. The Morgan fingerprint density at radius 1 is 0.791 bits per heavy atom. The quantitative estimate of drug-likeness (QED) is 0.109. The van der Waals surface area contributed by atoms with E-state index in [4.69, 9.17) is 32.7 Å². The first-order valence-electron chi connectivity index (χ1n) is 13.3. The number of anilines is 2. The minimum Gasteiger partial charge on any atom is -0.493 e. The van der Waals surface area contributed by atoms with Crippen molar-refractivity contribution in [3.05, 3.63) is 136 Å². The Morgan fingerprint density at radius 3 is 1.93 bits per heavy atom. The van der Waals surface area contributed by atoms with E-state index in [0.29, 0.717) is 50.5 Å². The van der Waals surface area contributed by atoms with Crippen molar-refractivity contribution in [3.63, 3.8) is 0 Å². The number of hydrogen-bond donors (Lipinski definition) is 0. The smallest absolute Gasteiger partial charge is 0.343 e. The number of carbonyl (C=O) groups is 3. The third-order valence-electron chi connectivity index (χ3n) is 6.71. The monoisotopic (exact) mass is 612 g/mol. The summed E-state index contributed by atoms with van der Waals surface area (Å²) >= 11 is 12.4. The van der Waals surface area contributed by atoms with Gasteiger partial charge < -0.3 is 9.47 Å². The van der Waals surface area contributed by atoms with Crippen LogP contribution in [0.1, 0.15) is 16.7 Å². The molecular formula is C34H26Cl2N2O5. The first-order valence-corrected chi connectivity index (χ1v) is 14.0. The number of imide groups is 2. The highest BCUT2D eigenvalue weighted by Gasteiger charge is 2.43. The van der Waals surface area contributed by atoms with Crippen molar-refractivity contribution >= 4 is 58.5 Å². The van der Waals surface area contributed by atoms with E-state index < -0.39 is 17.8 Å². The van der Waals surface area contributed by atoms with Gasteiger partial charge in [0.05, 0.1) is 18.5 Å². The molecule has 0 unspecified atom stereocenters. The second-order valence-corrected chi connectivity index (χ2v) is 10.4. The molecule has 0 spiro atoms. The number of ether oxygens (including phenoxy) is 2. The molecule has 0 atom stereocenters. The molecule has 0 bridgehead atoms. The maximum atomic E-state index is 13.8. The zero-order valence-corrected chi connectivity index (χ0v) is 24.6. The molecule has 1 aliphatic heterocycles. The first-order chi connectivity index (χ1) is 20.8. The number of barbiturate groups is 1. The minimum absolute atomic E-state index is 0.147. The maximum Gasteiger partial charge on any atom is 0.343 e. The highest BCUT2D eigenvalue weighted by Crippen LogP contribution is 2.37. The zero-order valence-electron chi connectivity index (χ0n) is 23.1. The predicted octanol–water partition coefficient (Wildman–Crippen LogP) is 7.89. The van der Waals surface area contributed by atoms with E-state index >= 15 is 0 Å². The van der Waals surface area contributed by atoms with E-state index in [1.807, 2.05) is 0 Å². The van der Waals surface area contributed by atoms with Gasteiger partial charge >= 0.3 is 6.03 Å². The molecule has 0 aliphatic carbocycles. The van der Waals surface area contributed by atoms with Gasteiger partial charge in [-0.2, -0.15) is 0 Å². The topological polar surface area (TPSA) is 76.2 Å². The van der Waals surface area contributed by atoms with Crippen molar-refractivity contribution in [2.75, 3.05) is 16.9 Å². The van der Waals surface area contributed by atoms with Crippen LogP contribution in [0.15, 0.2) is 109 Å². The van der Waals surface area contributed by atoms with E-state index in [1.165, 1.54) is 13.2 Å². The van der Waals surface area contributed by atoms with Gasteiger partial charge in [0.25, 0.3) is 11.8 Å². The van der Waals surface area contributed by atoms with Crippen LogP contribution >= 0.6 is 23.2 Å². The minimum atomic E-state index is -0.765. The molecule has 5 rings (SSSR count). The highest BCUT2D eigenvalue weighted by atomic mass is 35.5.